The Bertz CT molecular complexity index is 505. The first-order valence-electron chi connectivity index (χ1n) is 5.21. The SMILES string of the molecule is Cc1ccc(C(N)c2c(F)cccc2Br)cn1. The van der Waals surface area contributed by atoms with Gasteiger partial charge in [0.15, 0.2) is 0 Å². The van der Waals surface area contributed by atoms with Gasteiger partial charge < -0.3 is 5.73 Å². The second kappa shape index (κ2) is 4.94. The summed E-state index contributed by atoms with van der Waals surface area (Å²) >= 11 is 3.32. The van der Waals surface area contributed by atoms with E-state index in [-0.39, 0.29) is 5.82 Å². The zero-order valence-corrected chi connectivity index (χ0v) is 10.9. The molecule has 0 aliphatic carbocycles. The number of rotatable bonds is 2. The van der Waals surface area contributed by atoms with Crippen molar-refractivity contribution >= 4 is 15.9 Å². The maximum Gasteiger partial charge on any atom is 0.129 e. The smallest absolute Gasteiger partial charge is 0.129 e. The molecule has 2 N–H and O–H groups in total. The summed E-state index contributed by atoms with van der Waals surface area (Å²) in [5, 5.41) is 0. The molecule has 0 aliphatic rings. The van der Waals surface area contributed by atoms with Crippen LogP contribution >= 0.6 is 15.9 Å². The van der Waals surface area contributed by atoms with Crippen molar-refractivity contribution in [2.24, 2.45) is 5.73 Å². The van der Waals surface area contributed by atoms with Crippen molar-refractivity contribution in [1.29, 1.82) is 0 Å². The molecule has 4 heteroatoms. The van der Waals surface area contributed by atoms with Crippen molar-refractivity contribution in [2.45, 2.75) is 13.0 Å². The van der Waals surface area contributed by atoms with Crippen molar-refractivity contribution in [1.82, 2.24) is 4.98 Å². The lowest BCUT2D eigenvalue weighted by Crippen LogP contribution is -2.14. The number of aromatic nitrogens is 1. The lowest BCUT2D eigenvalue weighted by Gasteiger charge is -2.15. The molecule has 1 aromatic heterocycles. The van der Waals surface area contributed by atoms with Crippen LogP contribution < -0.4 is 5.73 Å². The zero-order valence-electron chi connectivity index (χ0n) is 9.32. The summed E-state index contributed by atoms with van der Waals surface area (Å²) in [6.07, 6.45) is 1.68. The zero-order chi connectivity index (χ0) is 12.4. The normalized spacial score (nSPS) is 12.5. The number of nitrogens with zero attached hydrogens (tertiary/aromatic N) is 1. The van der Waals surface area contributed by atoms with Crippen LogP contribution in [-0.4, -0.2) is 4.98 Å². The monoisotopic (exact) mass is 294 g/mol. The molecule has 1 heterocycles. The van der Waals surface area contributed by atoms with E-state index >= 15 is 0 Å². The summed E-state index contributed by atoms with van der Waals surface area (Å²) < 4.78 is 14.4. The van der Waals surface area contributed by atoms with Gasteiger partial charge in [-0.1, -0.05) is 28.1 Å². The fourth-order valence-corrected chi connectivity index (χ4v) is 2.23. The number of aryl methyl sites for hydroxylation is 1. The van der Waals surface area contributed by atoms with Gasteiger partial charge in [0.1, 0.15) is 5.82 Å². The van der Waals surface area contributed by atoms with Gasteiger partial charge in [-0.2, -0.15) is 0 Å². The Labute approximate surface area is 108 Å². The molecule has 1 aromatic carbocycles. The quantitative estimate of drug-likeness (QED) is 0.923. The van der Waals surface area contributed by atoms with Crippen molar-refractivity contribution < 1.29 is 4.39 Å². The van der Waals surface area contributed by atoms with Crippen LogP contribution in [0.5, 0.6) is 0 Å². The molecule has 1 unspecified atom stereocenters. The van der Waals surface area contributed by atoms with Crippen LogP contribution in [0.2, 0.25) is 0 Å². The first kappa shape index (κ1) is 12.2. The molecule has 0 amide bonds. The van der Waals surface area contributed by atoms with E-state index in [2.05, 4.69) is 20.9 Å². The summed E-state index contributed by atoms with van der Waals surface area (Å²) in [5.74, 6) is -0.313. The molecule has 1 atom stereocenters. The van der Waals surface area contributed by atoms with Gasteiger partial charge in [0, 0.05) is 21.9 Å². The van der Waals surface area contributed by atoms with Crippen molar-refractivity contribution in [2.75, 3.05) is 0 Å². The molecule has 0 radical (unpaired) electrons. The standard InChI is InChI=1S/C13H12BrFN2/c1-8-5-6-9(7-17-8)13(16)12-10(14)3-2-4-11(12)15/h2-7,13H,16H2,1H3. The van der Waals surface area contributed by atoms with Crippen LogP contribution in [0.4, 0.5) is 4.39 Å². The molecular formula is C13H12BrFN2. The van der Waals surface area contributed by atoms with E-state index in [0.717, 1.165) is 11.3 Å². The van der Waals surface area contributed by atoms with E-state index in [1.165, 1.54) is 6.07 Å². The number of hydrogen-bond acceptors (Lipinski definition) is 2. The predicted octanol–water partition coefficient (Wildman–Crippen LogP) is 3.34. The van der Waals surface area contributed by atoms with E-state index < -0.39 is 6.04 Å². The minimum Gasteiger partial charge on any atom is -0.320 e. The van der Waals surface area contributed by atoms with Crippen molar-refractivity contribution in [3.8, 4) is 0 Å². The Morgan fingerprint density at radius 1 is 1.29 bits per heavy atom. The molecule has 2 rings (SSSR count). The van der Waals surface area contributed by atoms with Crippen molar-refractivity contribution in [3.05, 3.63) is 63.6 Å². The minimum absolute atomic E-state index is 0.313. The Balaban J connectivity index is 2.43. The van der Waals surface area contributed by atoms with Crippen LogP contribution in [0.15, 0.2) is 41.0 Å². The van der Waals surface area contributed by atoms with Crippen molar-refractivity contribution in [3.63, 3.8) is 0 Å². The average molecular weight is 295 g/mol. The highest BCUT2D eigenvalue weighted by atomic mass is 79.9. The molecule has 0 aliphatic heterocycles. The first-order chi connectivity index (χ1) is 8.09. The molecule has 0 fully saturated rings. The van der Waals surface area contributed by atoms with E-state index in [1.807, 2.05) is 19.1 Å². The largest absolute Gasteiger partial charge is 0.320 e. The average Bonchev–Trinajstić information content (AvgIpc) is 2.29. The van der Waals surface area contributed by atoms with E-state index in [0.29, 0.717) is 10.0 Å². The lowest BCUT2D eigenvalue weighted by atomic mass is 10.0. The maximum absolute atomic E-state index is 13.7. The van der Waals surface area contributed by atoms with Crippen LogP contribution in [0.25, 0.3) is 0 Å². The highest BCUT2D eigenvalue weighted by Crippen LogP contribution is 2.28. The summed E-state index contributed by atoms with van der Waals surface area (Å²) in [4.78, 5) is 4.17. The molecular weight excluding hydrogens is 283 g/mol. The van der Waals surface area contributed by atoms with Crippen LogP contribution in [0, 0.1) is 12.7 Å². The van der Waals surface area contributed by atoms with Crippen LogP contribution in [-0.2, 0) is 0 Å². The fourth-order valence-electron chi connectivity index (χ4n) is 1.64. The third-order valence-corrected chi connectivity index (χ3v) is 3.30. The number of hydrogen-bond donors (Lipinski definition) is 1. The second-order valence-electron chi connectivity index (χ2n) is 3.85. The maximum atomic E-state index is 13.7. The van der Waals surface area contributed by atoms with Gasteiger partial charge in [0.25, 0.3) is 0 Å². The van der Waals surface area contributed by atoms with Crippen LogP contribution in [0.3, 0.4) is 0 Å². The van der Waals surface area contributed by atoms with Gasteiger partial charge in [-0.15, -0.1) is 0 Å². The van der Waals surface area contributed by atoms with Crippen LogP contribution in [0.1, 0.15) is 22.9 Å². The highest BCUT2D eigenvalue weighted by molar-refractivity contribution is 9.10. The lowest BCUT2D eigenvalue weighted by molar-refractivity contribution is 0.597. The summed E-state index contributed by atoms with van der Waals surface area (Å²) in [6.45, 7) is 1.90. The molecule has 0 bridgehead atoms. The Hall–Kier alpha value is -1.26. The highest BCUT2D eigenvalue weighted by Gasteiger charge is 2.16. The Morgan fingerprint density at radius 2 is 2.06 bits per heavy atom. The van der Waals surface area contributed by atoms with Gasteiger partial charge in [-0.05, 0) is 30.7 Å². The molecule has 17 heavy (non-hydrogen) atoms. The Kier molecular flexibility index (Phi) is 3.54. The molecule has 0 saturated carbocycles. The fraction of sp³-hybridized carbons (Fsp3) is 0.154. The number of pyridine rings is 1. The number of halogens is 2. The molecule has 0 spiro atoms. The predicted molar refractivity (Wildman–Crippen MR) is 69.1 cm³/mol. The summed E-state index contributed by atoms with van der Waals surface area (Å²) in [6, 6.07) is 8.04. The number of nitrogens with two attached hydrogens (primary N) is 1. The van der Waals surface area contributed by atoms with E-state index in [9.17, 15) is 4.39 Å². The van der Waals surface area contributed by atoms with E-state index in [1.54, 1.807) is 18.3 Å². The van der Waals surface area contributed by atoms with Gasteiger partial charge in [-0.3, -0.25) is 4.98 Å². The minimum atomic E-state index is -0.515. The molecule has 0 saturated heterocycles. The Morgan fingerprint density at radius 3 is 2.65 bits per heavy atom. The first-order valence-corrected chi connectivity index (χ1v) is 6.01. The molecule has 2 nitrogen and oxygen atoms in total. The summed E-state index contributed by atoms with van der Waals surface area (Å²) in [7, 11) is 0. The second-order valence-corrected chi connectivity index (χ2v) is 4.70. The molecule has 88 valence electrons. The van der Waals surface area contributed by atoms with Gasteiger partial charge in [0.2, 0.25) is 0 Å². The van der Waals surface area contributed by atoms with Gasteiger partial charge >= 0.3 is 0 Å². The third-order valence-electron chi connectivity index (χ3n) is 2.60. The third kappa shape index (κ3) is 2.53. The molecule has 2 aromatic rings. The van der Waals surface area contributed by atoms with E-state index in [4.69, 9.17) is 5.73 Å². The van der Waals surface area contributed by atoms with Gasteiger partial charge in [-0.25, -0.2) is 4.39 Å². The number of benzene rings is 1. The summed E-state index contributed by atoms with van der Waals surface area (Å²) in [5.41, 5.74) is 8.22. The topological polar surface area (TPSA) is 38.9 Å². The van der Waals surface area contributed by atoms with Gasteiger partial charge in [0.05, 0.1) is 6.04 Å².